The van der Waals surface area contributed by atoms with Gasteiger partial charge in [0.1, 0.15) is 0 Å². The molecule has 0 aromatic heterocycles. The van der Waals surface area contributed by atoms with Crippen molar-refractivity contribution in [2.45, 2.75) is 12.8 Å². The zero-order valence-corrected chi connectivity index (χ0v) is 12.2. The maximum Gasteiger partial charge on any atom is 0.227 e. The second-order valence-electron chi connectivity index (χ2n) is 4.86. The summed E-state index contributed by atoms with van der Waals surface area (Å²) < 4.78 is 1.03. The molecule has 1 atom stereocenters. The second-order valence-corrected chi connectivity index (χ2v) is 5.77. The molecule has 0 radical (unpaired) electrons. The van der Waals surface area contributed by atoms with Crippen molar-refractivity contribution in [3.05, 3.63) is 34.3 Å². The molecule has 0 aliphatic carbocycles. The number of carbonyl (C=O) groups excluding carboxylic acids is 1. The van der Waals surface area contributed by atoms with E-state index in [1.54, 1.807) is 0 Å². The number of rotatable bonds is 4. The van der Waals surface area contributed by atoms with Crippen LogP contribution in [0.2, 0.25) is 0 Å². The van der Waals surface area contributed by atoms with Gasteiger partial charge in [-0.1, -0.05) is 28.1 Å². The van der Waals surface area contributed by atoms with E-state index in [2.05, 4.69) is 21.2 Å². The summed E-state index contributed by atoms with van der Waals surface area (Å²) in [6, 6.07) is 7.97. The predicted octanol–water partition coefficient (Wildman–Crippen LogP) is 2.06. The zero-order valence-electron chi connectivity index (χ0n) is 10.7. The van der Waals surface area contributed by atoms with Gasteiger partial charge in [-0.05, 0) is 43.6 Å². The third-order valence-electron chi connectivity index (χ3n) is 3.38. The summed E-state index contributed by atoms with van der Waals surface area (Å²) in [6.07, 6.45) is 1.62. The van der Waals surface area contributed by atoms with E-state index in [1.807, 2.05) is 36.2 Å². The van der Waals surface area contributed by atoms with Crippen LogP contribution in [0.4, 0.5) is 0 Å². The van der Waals surface area contributed by atoms with E-state index in [0.717, 1.165) is 36.1 Å². The van der Waals surface area contributed by atoms with Crippen LogP contribution in [0.25, 0.3) is 0 Å². The molecule has 1 N–H and O–H groups in total. The molecule has 1 aromatic carbocycles. The number of carbonyl (C=O) groups is 1. The second kappa shape index (κ2) is 6.34. The fourth-order valence-corrected chi connectivity index (χ4v) is 2.89. The van der Waals surface area contributed by atoms with Crippen LogP contribution in [0.5, 0.6) is 0 Å². The Morgan fingerprint density at radius 1 is 1.56 bits per heavy atom. The molecule has 0 unspecified atom stereocenters. The molecule has 2 rings (SSSR count). The molecule has 1 aliphatic rings. The number of benzene rings is 1. The molecule has 0 saturated carbocycles. The van der Waals surface area contributed by atoms with Gasteiger partial charge in [-0.15, -0.1) is 0 Å². The summed E-state index contributed by atoms with van der Waals surface area (Å²) in [4.78, 5) is 14.2. The minimum atomic E-state index is 0.242. The lowest BCUT2D eigenvalue weighted by Crippen LogP contribution is -2.31. The topological polar surface area (TPSA) is 32.3 Å². The van der Waals surface area contributed by atoms with Crippen LogP contribution in [-0.2, 0) is 11.2 Å². The van der Waals surface area contributed by atoms with Crippen LogP contribution >= 0.6 is 15.9 Å². The minimum absolute atomic E-state index is 0.242. The van der Waals surface area contributed by atoms with Crippen molar-refractivity contribution in [3.63, 3.8) is 0 Å². The van der Waals surface area contributed by atoms with E-state index in [0.29, 0.717) is 12.3 Å². The van der Waals surface area contributed by atoms with Gasteiger partial charge in [0.05, 0.1) is 6.42 Å². The third kappa shape index (κ3) is 3.56. The SMILES string of the molecule is CNC[C@@H]1CCN(C(=O)Cc2cccc(Br)c2)C1. The van der Waals surface area contributed by atoms with E-state index < -0.39 is 0 Å². The van der Waals surface area contributed by atoms with Crippen molar-refractivity contribution < 1.29 is 4.79 Å². The Hall–Kier alpha value is -0.870. The van der Waals surface area contributed by atoms with Crippen molar-refractivity contribution in [2.24, 2.45) is 5.92 Å². The van der Waals surface area contributed by atoms with E-state index in [4.69, 9.17) is 0 Å². The minimum Gasteiger partial charge on any atom is -0.342 e. The Labute approximate surface area is 117 Å². The lowest BCUT2D eigenvalue weighted by atomic mass is 10.1. The molecule has 3 nitrogen and oxygen atoms in total. The first-order chi connectivity index (χ1) is 8.69. The Bertz CT molecular complexity index is 422. The predicted molar refractivity (Wildman–Crippen MR) is 76.5 cm³/mol. The smallest absolute Gasteiger partial charge is 0.227 e. The molecule has 1 fully saturated rings. The highest BCUT2D eigenvalue weighted by molar-refractivity contribution is 9.10. The Morgan fingerprint density at radius 3 is 3.11 bits per heavy atom. The number of nitrogens with one attached hydrogen (secondary N) is 1. The largest absolute Gasteiger partial charge is 0.342 e. The summed E-state index contributed by atoms with van der Waals surface area (Å²) in [6.45, 7) is 2.80. The first-order valence-electron chi connectivity index (χ1n) is 6.36. The maximum absolute atomic E-state index is 12.2. The lowest BCUT2D eigenvalue weighted by Gasteiger charge is -2.16. The summed E-state index contributed by atoms with van der Waals surface area (Å²) in [5, 5.41) is 3.18. The van der Waals surface area contributed by atoms with Gasteiger partial charge in [-0.2, -0.15) is 0 Å². The van der Waals surface area contributed by atoms with Gasteiger partial charge in [0.15, 0.2) is 0 Å². The van der Waals surface area contributed by atoms with Gasteiger partial charge in [-0.25, -0.2) is 0 Å². The van der Waals surface area contributed by atoms with Crippen LogP contribution in [0.1, 0.15) is 12.0 Å². The average Bonchev–Trinajstić information content (AvgIpc) is 2.78. The van der Waals surface area contributed by atoms with Gasteiger partial charge < -0.3 is 10.2 Å². The first kappa shape index (κ1) is 13.6. The van der Waals surface area contributed by atoms with E-state index in [1.165, 1.54) is 0 Å². The lowest BCUT2D eigenvalue weighted by molar-refractivity contribution is -0.129. The molecule has 0 spiro atoms. The standard InChI is InChI=1S/C14H19BrN2O/c1-16-9-12-5-6-17(10-12)14(18)8-11-3-2-4-13(15)7-11/h2-4,7,12,16H,5-6,8-10H2,1H3/t12-/m0/s1. The molecule has 98 valence electrons. The molecule has 4 heteroatoms. The summed E-state index contributed by atoms with van der Waals surface area (Å²) in [5.74, 6) is 0.855. The molecule has 1 saturated heterocycles. The maximum atomic E-state index is 12.2. The molecule has 1 heterocycles. The highest BCUT2D eigenvalue weighted by atomic mass is 79.9. The molecule has 1 amide bonds. The van der Waals surface area contributed by atoms with Crippen molar-refractivity contribution in [2.75, 3.05) is 26.7 Å². The van der Waals surface area contributed by atoms with E-state index >= 15 is 0 Å². The van der Waals surface area contributed by atoms with Gasteiger partial charge in [-0.3, -0.25) is 4.79 Å². The summed E-state index contributed by atoms with van der Waals surface area (Å²) in [5.41, 5.74) is 1.08. The number of hydrogen-bond acceptors (Lipinski definition) is 2. The third-order valence-corrected chi connectivity index (χ3v) is 3.87. The Balaban J connectivity index is 1.89. The van der Waals surface area contributed by atoms with Crippen LogP contribution in [0.15, 0.2) is 28.7 Å². The molecule has 18 heavy (non-hydrogen) atoms. The number of amides is 1. The van der Waals surface area contributed by atoms with Crippen molar-refractivity contribution >= 4 is 21.8 Å². The first-order valence-corrected chi connectivity index (χ1v) is 7.15. The average molecular weight is 311 g/mol. The summed E-state index contributed by atoms with van der Waals surface area (Å²) >= 11 is 3.43. The zero-order chi connectivity index (χ0) is 13.0. The van der Waals surface area contributed by atoms with E-state index in [9.17, 15) is 4.79 Å². The number of halogens is 1. The van der Waals surface area contributed by atoms with Gasteiger partial charge in [0.2, 0.25) is 5.91 Å². The van der Waals surface area contributed by atoms with Crippen LogP contribution in [0, 0.1) is 5.92 Å². The Morgan fingerprint density at radius 2 is 2.39 bits per heavy atom. The van der Waals surface area contributed by atoms with E-state index in [-0.39, 0.29) is 5.91 Å². The highest BCUT2D eigenvalue weighted by Gasteiger charge is 2.25. The van der Waals surface area contributed by atoms with Crippen LogP contribution in [-0.4, -0.2) is 37.5 Å². The van der Waals surface area contributed by atoms with Crippen molar-refractivity contribution in [3.8, 4) is 0 Å². The fourth-order valence-electron chi connectivity index (χ4n) is 2.45. The molecule has 0 bridgehead atoms. The summed E-state index contributed by atoms with van der Waals surface area (Å²) in [7, 11) is 1.96. The molecule has 1 aliphatic heterocycles. The Kier molecular flexibility index (Phi) is 4.78. The van der Waals surface area contributed by atoms with Gasteiger partial charge >= 0.3 is 0 Å². The number of likely N-dealkylation sites (tertiary alicyclic amines) is 1. The quantitative estimate of drug-likeness (QED) is 0.923. The van der Waals surface area contributed by atoms with Crippen LogP contribution in [0.3, 0.4) is 0 Å². The van der Waals surface area contributed by atoms with Crippen molar-refractivity contribution in [1.82, 2.24) is 10.2 Å². The van der Waals surface area contributed by atoms with Gasteiger partial charge in [0.25, 0.3) is 0 Å². The van der Waals surface area contributed by atoms with Gasteiger partial charge in [0, 0.05) is 17.6 Å². The monoisotopic (exact) mass is 310 g/mol. The van der Waals surface area contributed by atoms with Crippen molar-refractivity contribution in [1.29, 1.82) is 0 Å². The fraction of sp³-hybridized carbons (Fsp3) is 0.500. The normalized spacial score (nSPS) is 19.2. The number of hydrogen-bond donors (Lipinski definition) is 1. The van der Waals surface area contributed by atoms with Crippen LogP contribution < -0.4 is 5.32 Å². The molecule has 1 aromatic rings. The number of nitrogens with zero attached hydrogens (tertiary/aromatic N) is 1. The molecular weight excluding hydrogens is 292 g/mol. The highest BCUT2D eigenvalue weighted by Crippen LogP contribution is 2.18. The molecular formula is C14H19BrN2O.